The number of rotatable bonds is 36. The van der Waals surface area contributed by atoms with Gasteiger partial charge in [-0.25, -0.2) is 0 Å². The topological polar surface area (TPSA) is 0 Å². The molecule has 2 unspecified atom stereocenters. The molecule has 0 heterocycles. The van der Waals surface area contributed by atoms with Crippen LogP contribution in [0.15, 0.2) is 78.4 Å². The molecular formula is C63H99Cl3SiTi. The average Bonchev–Trinajstić information content (AvgIpc) is 3.72. The first kappa shape index (κ1) is 65.0. The Labute approximate surface area is 453 Å². The quantitative estimate of drug-likeness (QED) is 0.0311. The van der Waals surface area contributed by atoms with E-state index in [4.69, 9.17) is 0 Å². The number of unbranched alkanes of at least 4 members (excludes halogenated alkanes) is 18. The molecule has 5 heteroatoms. The summed E-state index contributed by atoms with van der Waals surface area (Å²) in [6.45, 7) is 19.0. The van der Waals surface area contributed by atoms with E-state index in [1.54, 1.807) is 54.5 Å². The average molecular weight is 1040 g/mol. The van der Waals surface area contributed by atoms with Crippen LogP contribution in [0.25, 0.3) is 0 Å². The zero-order chi connectivity index (χ0) is 46.8. The molecule has 2 atom stereocenters. The Morgan fingerprint density at radius 3 is 0.853 bits per heavy atom. The molecule has 0 saturated heterocycles. The second kappa shape index (κ2) is 36.8. The Bertz CT molecular complexity index is 1580. The fraction of sp³-hybridized carbons (Fsp3) is 0.651. The van der Waals surface area contributed by atoms with Crippen molar-refractivity contribution in [3.63, 3.8) is 0 Å². The fourth-order valence-corrected chi connectivity index (χ4v) is 18.9. The van der Waals surface area contributed by atoms with Gasteiger partial charge in [0.1, 0.15) is 0 Å². The van der Waals surface area contributed by atoms with Crippen molar-refractivity contribution in [2.24, 2.45) is 5.92 Å². The van der Waals surface area contributed by atoms with Crippen molar-refractivity contribution < 1.29 is 57.7 Å². The molecule has 0 fully saturated rings. The van der Waals surface area contributed by atoms with Gasteiger partial charge in [-0.1, -0.05) is 0 Å². The van der Waals surface area contributed by atoms with E-state index < -0.39 is 8.07 Å². The van der Waals surface area contributed by atoms with Crippen LogP contribution in [0.2, 0.25) is 3.34 Å². The van der Waals surface area contributed by atoms with Crippen LogP contribution in [-0.4, -0.2) is 8.07 Å². The number of hydrogen-bond donors (Lipinski definition) is 0. The Morgan fingerprint density at radius 2 is 0.632 bits per heavy atom. The zero-order valence-electron chi connectivity index (χ0n) is 45.1. The number of aryl methyl sites for hydroxylation is 6. The van der Waals surface area contributed by atoms with E-state index in [1.165, 1.54) is 199 Å². The molecule has 0 N–H and O–H groups in total. The molecule has 3 aromatic rings. The molecule has 1 aliphatic rings. The summed E-state index contributed by atoms with van der Waals surface area (Å²) in [4.78, 5) is 0. The summed E-state index contributed by atoms with van der Waals surface area (Å²) in [7, 11) is -2.89. The molecule has 1 aliphatic carbocycles. The Morgan fingerprint density at radius 1 is 0.382 bits per heavy atom. The number of allylic oxidation sites excluding steroid dienone is 4. The molecule has 0 radical (unpaired) electrons. The third kappa shape index (κ3) is 20.1. The number of halogens is 3. The van der Waals surface area contributed by atoms with Crippen LogP contribution in [-0.2, 0) is 59.0 Å². The molecule has 0 saturated carbocycles. The van der Waals surface area contributed by atoms with Gasteiger partial charge in [0.2, 0.25) is 0 Å². The normalized spacial score (nSPS) is 14.9. The maximum absolute atomic E-state index is 2.89. The maximum atomic E-state index is 2.84. The molecule has 68 heavy (non-hydrogen) atoms. The summed E-state index contributed by atoms with van der Waals surface area (Å²) in [5, 5.41) is 5.06. The number of benzene rings is 3. The Kier molecular flexibility index (Phi) is 35.1. The predicted molar refractivity (Wildman–Crippen MR) is 290 cm³/mol. The van der Waals surface area contributed by atoms with Crippen LogP contribution < -0.4 is 52.8 Å². The summed E-state index contributed by atoms with van der Waals surface area (Å²) in [6, 6.07) is 24.9. The van der Waals surface area contributed by atoms with Gasteiger partial charge in [-0.15, -0.1) is 0 Å². The van der Waals surface area contributed by atoms with E-state index in [9.17, 15) is 0 Å². The van der Waals surface area contributed by atoms with Gasteiger partial charge < -0.3 is 37.2 Å². The molecule has 0 spiro atoms. The van der Waals surface area contributed by atoms with Crippen molar-refractivity contribution in [3.05, 3.63) is 112 Å². The van der Waals surface area contributed by atoms with Crippen molar-refractivity contribution >= 4 is 23.6 Å². The van der Waals surface area contributed by atoms with Gasteiger partial charge in [-0.2, -0.15) is 0 Å². The third-order valence-electron chi connectivity index (χ3n) is 15.1. The Hall–Kier alpha value is -1.06. The third-order valence-corrected chi connectivity index (χ3v) is 22.4. The minimum absolute atomic E-state index is 0. The van der Waals surface area contributed by atoms with Crippen molar-refractivity contribution in [2.75, 3.05) is 0 Å². The van der Waals surface area contributed by atoms with E-state index in [-0.39, 0.29) is 40.6 Å². The zero-order valence-corrected chi connectivity index (χ0v) is 49.9. The summed E-state index contributed by atoms with van der Waals surface area (Å²) in [6.07, 6.45) is 48.1. The van der Waals surface area contributed by atoms with Crippen molar-refractivity contribution in [2.45, 2.75) is 258 Å². The summed E-state index contributed by atoms with van der Waals surface area (Å²) < 4.78 is -0.118. The van der Waals surface area contributed by atoms with Crippen molar-refractivity contribution in [3.8, 4) is 0 Å². The van der Waals surface area contributed by atoms with Gasteiger partial charge in [0.25, 0.3) is 0 Å². The largest absolute Gasteiger partial charge is 1.00 e. The minimum Gasteiger partial charge on any atom is -1.00 e. The van der Waals surface area contributed by atoms with Crippen molar-refractivity contribution in [1.29, 1.82) is 0 Å². The number of hydrogen-bond acceptors (Lipinski definition) is 0. The fourth-order valence-electron chi connectivity index (χ4n) is 10.9. The SMILES string of the molecule is CCCCCCc1cc(CCCCCC)cc([Si](c2cc(CCCCCC)cc(CCCCCC)c2)(c2cc(CCCCCC)cc(CCCCCC)c2)[C]2([Ti+3])C=CC(C(C)CC)=C2)c1.[Cl-].[Cl-].[Cl-]. The summed E-state index contributed by atoms with van der Waals surface area (Å²) >= 11 is 2.71. The molecule has 0 aromatic heterocycles. The molecule has 4 rings (SSSR count). The van der Waals surface area contributed by atoms with Gasteiger partial charge in [0.05, 0.1) is 0 Å². The van der Waals surface area contributed by atoms with E-state index in [1.807, 2.05) is 0 Å². The first-order valence-electron chi connectivity index (χ1n) is 28.3. The molecule has 0 aliphatic heterocycles. The van der Waals surface area contributed by atoms with Gasteiger partial charge >= 0.3 is 420 Å². The monoisotopic (exact) mass is 1040 g/mol. The molecular weight excluding hydrogens is 939 g/mol. The predicted octanol–water partition coefficient (Wildman–Crippen LogP) is 8.69. The van der Waals surface area contributed by atoms with E-state index in [0.29, 0.717) is 5.92 Å². The van der Waals surface area contributed by atoms with Crippen LogP contribution in [0.1, 0.15) is 249 Å². The summed E-state index contributed by atoms with van der Waals surface area (Å²) in [5.41, 5.74) is 11.2. The maximum Gasteiger partial charge on any atom is -1.00 e. The van der Waals surface area contributed by atoms with Crippen LogP contribution in [0.5, 0.6) is 0 Å². The minimum atomic E-state index is -2.89. The van der Waals surface area contributed by atoms with Crippen LogP contribution in [0.3, 0.4) is 0 Å². The second-order valence-electron chi connectivity index (χ2n) is 20.9. The first-order valence-corrected chi connectivity index (χ1v) is 31.1. The van der Waals surface area contributed by atoms with Gasteiger partial charge in [0.15, 0.2) is 0 Å². The van der Waals surface area contributed by atoms with Gasteiger partial charge in [-0.05, 0) is 0 Å². The second-order valence-corrected chi connectivity index (χ2v) is 27.0. The van der Waals surface area contributed by atoms with Gasteiger partial charge in [-0.3, -0.25) is 0 Å². The summed E-state index contributed by atoms with van der Waals surface area (Å²) in [5.74, 6) is 0.553. The molecule has 380 valence electrons. The molecule has 3 aromatic carbocycles. The van der Waals surface area contributed by atoms with Gasteiger partial charge in [0, 0.05) is 0 Å². The van der Waals surface area contributed by atoms with Crippen LogP contribution >= 0.6 is 0 Å². The van der Waals surface area contributed by atoms with Crippen LogP contribution in [0.4, 0.5) is 0 Å². The molecule has 0 amide bonds. The molecule has 0 bridgehead atoms. The van der Waals surface area contributed by atoms with E-state index >= 15 is 0 Å². The first-order chi connectivity index (χ1) is 31.7. The van der Waals surface area contributed by atoms with Crippen molar-refractivity contribution in [1.82, 2.24) is 0 Å². The molecule has 0 nitrogen and oxygen atoms in total. The smallest absolute Gasteiger partial charge is 1.00 e. The van der Waals surface area contributed by atoms with Crippen LogP contribution in [0, 0.1) is 5.92 Å². The standard InChI is InChI=1S/C63H99Si.3ClH.Ti/c1-9-16-22-28-34-53-42-54(35-29-23-17-10-2)46-61(45-53)64(60-41-40-59(51-60)52(8)15-7,62-47-55(36-30-24-18-11-3)43-56(48-62)37-31-25-19-12-4)63-49-57(38-32-26-20-13-5)44-58(50-63)39-33-27-21-14-6;;;;/h40-52H,9-39H2,1-8H3;3*1H;/q;;;;+3/p-3. The van der Waals surface area contributed by atoms with E-state index in [2.05, 4.69) is 149 Å². The van der Waals surface area contributed by atoms with E-state index in [0.717, 1.165) is 0 Å². The Balaban J connectivity index is 0.00000771.